The highest BCUT2D eigenvalue weighted by Gasteiger charge is 2.02. The monoisotopic (exact) mass is 124 g/mol. The Kier molecular flexibility index (Phi) is 1.58. The summed E-state index contributed by atoms with van der Waals surface area (Å²) in [5.74, 6) is 0. The fraction of sp³-hybridized carbons (Fsp3) is 0.429. The van der Waals surface area contributed by atoms with E-state index in [0.717, 1.165) is 0 Å². The Balaban J connectivity index is 2.75. The molecule has 0 saturated carbocycles. The maximum atomic E-state index is 5.56. The molecular weight excluding hydrogens is 112 g/mol. The molecule has 0 spiro atoms. The van der Waals surface area contributed by atoms with Gasteiger partial charge in [-0.25, -0.2) is 0 Å². The Labute approximate surface area is 55.4 Å². The standard InChI is InChI=1S/C7H12N2/c1-5-3-4-7(8)9-6(5)2/h3-4,7,9H,8H2,1-2H3. The van der Waals surface area contributed by atoms with Crippen LogP contribution in [0.5, 0.6) is 0 Å². The second kappa shape index (κ2) is 2.23. The summed E-state index contributed by atoms with van der Waals surface area (Å²) in [6.07, 6.45) is 3.99. The molecule has 1 atom stereocenters. The Morgan fingerprint density at radius 2 is 2.22 bits per heavy atom. The third-order valence-corrected chi connectivity index (χ3v) is 1.53. The van der Waals surface area contributed by atoms with Crippen LogP contribution in [-0.4, -0.2) is 6.17 Å². The van der Waals surface area contributed by atoms with Crippen molar-refractivity contribution in [1.29, 1.82) is 0 Å². The van der Waals surface area contributed by atoms with Crippen LogP contribution in [0.2, 0.25) is 0 Å². The molecule has 2 heteroatoms. The molecule has 2 nitrogen and oxygen atoms in total. The van der Waals surface area contributed by atoms with Gasteiger partial charge in [0, 0.05) is 5.70 Å². The molecule has 3 N–H and O–H groups in total. The van der Waals surface area contributed by atoms with Crippen molar-refractivity contribution >= 4 is 0 Å². The summed E-state index contributed by atoms with van der Waals surface area (Å²) in [7, 11) is 0. The van der Waals surface area contributed by atoms with Crippen LogP contribution >= 0.6 is 0 Å². The lowest BCUT2D eigenvalue weighted by Gasteiger charge is -2.17. The Morgan fingerprint density at radius 1 is 1.56 bits per heavy atom. The van der Waals surface area contributed by atoms with Gasteiger partial charge in [-0.1, -0.05) is 6.08 Å². The lowest BCUT2D eigenvalue weighted by atomic mass is 10.1. The zero-order valence-electron chi connectivity index (χ0n) is 5.81. The molecule has 50 valence electrons. The maximum absolute atomic E-state index is 5.56. The molecule has 1 heterocycles. The molecular formula is C7H12N2. The molecule has 0 bridgehead atoms. The van der Waals surface area contributed by atoms with Gasteiger partial charge in [0.25, 0.3) is 0 Å². The minimum atomic E-state index is 0.00806. The summed E-state index contributed by atoms with van der Waals surface area (Å²) in [5.41, 5.74) is 7.99. The van der Waals surface area contributed by atoms with Gasteiger partial charge in [0.05, 0.1) is 6.17 Å². The summed E-state index contributed by atoms with van der Waals surface area (Å²) < 4.78 is 0. The first-order valence-electron chi connectivity index (χ1n) is 3.08. The van der Waals surface area contributed by atoms with E-state index in [4.69, 9.17) is 5.73 Å². The largest absolute Gasteiger partial charge is 0.370 e. The Hall–Kier alpha value is -0.760. The van der Waals surface area contributed by atoms with Gasteiger partial charge in [-0.15, -0.1) is 0 Å². The van der Waals surface area contributed by atoms with Crippen LogP contribution in [0.15, 0.2) is 23.4 Å². The van der Waals surface area contributed by atoms with Gasteiger partial charge >= 0.3 is 0 Å². The molecule has 1 aliphatic heterocycles. The smallest absolute Gasteiger partial charge is 0.0936 e. The number of nitrogens with two attached hydrogens (primary N) is 1. The number of hydrogen-bond donors (Lipinski definition) is 2. The van der Waals surface area contributed by atoms with E-state index in [1.54, 1.807) is 0 Å². The first-order chi connectivity index (χ1) is 4.20. The van der Waals surface area contributed by atoms with Crippen LogP contribution in [0.25, 0.3) is 0 Å². The van der Waals surface area contributed by atoms with Crippen LogP contribution in [0.3, 0.4) is 0 Å². The first-order valence-corrected chi connectivity index (χ1v) is 3.08. The second-order valence-electron chi connectivity index (χ2n) is 2.34. The summed E-state index contributed by atoms with van der Waals surface area (Å²) in [6, 6.07) is 0. The molecule has 0 amide bonds. The van der Waals surface area contributed by atoms with E-state index in [0.29, 0.717) is 0 Å². The van der Waals surface area contributed by atoms with Gasteiger partial charge < -0.3 is 11.1 Å². The zero-order valence-corrected chi connectivity index (χ0v) is 5.81. The third kappa shape index (κ3) is 1.33. The molecule has 0 aromatic rings. The van der Waals surface area contributed by atoms with E-state index in [1.807, 2.05) is 19.1 Å². The van der Waals surface area contributed by atoms with E-state index in [2.05, 4.69) is 12.2 Å². The van der Waals surface area contributed by atoms with Crippen molar-refractivity contribution < 1.29 is 0 Å². The van der Waals surface area contributed by atoms with E-state index in [-0.39, 0.29) is 6.17 Å². The van der Waals surface area contributed by atoms with Crippen molar-refractivity contribution in [2.24, 2.45) is 5.73 Å². The maximum Gasteiger partial charge on any atom is 0.0936 e. The van der Waals surface area contributed by atoms with Gasteiger partial charge in [0.15, 0.2) is 0 Å². The average Bonchev–Trinajstić information content (AvgIpc) is 1.80. The number of rotatable bonds is 0. The van der Waals surface area contributed by atoms with Gasteiger partial charge in [0.2, 0.25) is 0 Å². The van der Waals surface area contributed by atoms with Gasteiger partial charge in [-0.05, 0) is 25.5 Å². The summed E-state index contributed by atoms with van der Waals surface area (Å²) in [4.78, 5) is 0. The Morgan fingerprint density at radius 3 is 2.67 bits per heavy atom. The third-order valence-electron chi connectivity index (χ3n) is 1.53. The summed E-state index contributed by atoms with van der Waals surface area (Å²) in [5, 5.41) is 3.10. The SMILES string of the molecule is CC1=C(C)NC(N)C=C1. The molecule has 0 fully saturated rings. The topological polar surface area (TPSA) is 38.0 Å². The molecule has 0 aromatic heterocycles. The highest BCUT2D eigenvalue weighted by Crippen LogP contribution is 2.06. The average molecular weight is 124 g/mol. The number of dihydropyridines is 1. The lowest BCUT2D eigenvalue weighted by molar-refractivity contribution is 0.681. The van der Waals surface area contributed by atoms with E-state index < -0.39 is 0 Å². The van der Waals surface area contributed by atoms with Crippen LogP contribution in [0.4, 0.5) is 0 Å². The molecule has 0 aliphatic carbocycles. The van der Waals surface area contributed by atoms with Crippen molar-refractivity contribution in [3.05, 3.63) is 23.4 Å². The lowest BCUT2D eigenvalue weighted by Crippen LogP contribution is -2.36. The van der Waals surface area contributed by atoms with Gasteiger partial charge in [-0.3, -0.25) is 0 Å². The van der Waals surface area contributed by atoms with Crippen molar-refractivity contribution in [2.45, 2.75) is 20.0 Å². The van der Waals surface area contributed by atoms with E-state index in [9.17, 15) is 0 Å². The number of nitrogens with one attached hydrogen (secondary N) is 1. The fourth-order valence-electron chi connectivity index (χ4n) is 0.785. The molecule has 0 aromatic carbocycles. The Bertz CT molecular complexity index is 168. The molecule has 9 heavy (non-hydrogen) atoms. The normalized spacial score (nSPS) is 26.3. The summed E-state index contributed by atoms with van der Waals surface area (Å²) >= 11 is 0. The fourth-order valence-corrected chi connectivity index (χ4v) is 0.785. The van der Waals surface area contributed by atoms with Crippen molar-refractivity contribution in [1.82, 2.24) is 5.32 Å². The van der Waals surface area contributed by atoms with Crippen LogP contribution in [-0.2, 0) is 0 Å². The van der Waals surface area contributed by atoms with Gasteiger partial charge in [-0.2, -0.15) is 0 Å². The molecule has 1 unspecified atom stereocenters. The van der Waals surface area contributed by atoms with Crippen LogP contribution < -0.4 is 11.1 Å². The number of allylic oxidation sites excluding steroid dienone is 3. The first kappa shape index (κ1) is 6.36. The van der Waals surface area contributed by atoms with Crippen LogP contribution in [0.1, 0.15) is 13.8 Å². The number of hydrogen-bond acceptors (Lipinski definition) is 2. The van der Waals surface area contributed by atoms with Crippen molar-refractivity contribution in [3.63, 3.8) is 0 Å². The minimum Gasteiger partial charge on any atom is -0.370 e. The minimum absolute atomic E-state index is 0.00806. The zero-order chi connectivity index (χ0) is 6.85. The van der Waals surface area contributed by atoms with Crippen molar-refractivity contribution in [3.8, 4) is 0 Å². The second-order valence-corrected chi connectivity index (χ2v) is 2.34. The molecule has 1 rings (SSSR count). The van der Waals surface area contributed by atoms with Crippen molar-refractivity contribution in [2.75, 3.05) is 0 Å². The predicted octanol–water partition coefficient (Wildman–Crippen LogP) is 0.725. The van der Waals surface area contributed by atoms with Gasteiger partial charge in [0.1, 0.15) is 0 Å². The molecule has 0 saturated heterocycles. The van der Waals surface area contributed by atoms with E-state index >= 15 is 0 Å². The quantitative estimate of drug-likeness (QED) is 0.499. The highest BCUT2D eigenvalue weighted by molar-refractivity contribution is 5.26. The summed E-state index contributed by atoms with van der Waals surface area (Å²) in [6.45, 7) is 4.09. The highest BCUT2D eigenvalue weighted by atomic mass is 15.0. The predicted molar refractivity (Wildman–Crippen MR) is 38.6 cm³/mol. The van der Waals surface area contributed by atoms with E-state index in [1.165, 1.54) is 11.3 Å². The van der Waals surface area contributed by atoms with Crippen LogP contribution in [0, 0.1) is 0 Å². The molecule has 0 radical (unpaired) electrons. The molecule has 1 aliphatic rings.